The van der Waals surface area contributed by atoms with Crippen LogP contribution >= 0.6 is 11.3 Å². The normalized spacial score (nSPS) is 11.1. The molecule has 2 aromatic carbocycles. The Bertz CT molecular complexity index is 1060. The van der Waals surface area contributed by atoms with Crippen LogP contribution in [0.25, 0.3) is 11.1 Å². The van der Waals surface area contributed by atoms with Crippen LogP contribution in [0.15, 0.2) is 53.9 Å². The smallest absolute Gasteiger partial charge is 0.320 e. The third kappa shape index (κ3) is 4.36. The van der Waals surface area contributed by atoms with Gasteiger partial charge in [0.25, 0.3) is 0 Å². The molecular formula is C21H16N4O2S. The van der Waals surface area contributed by atoms with Crippen LogP contribution in [0.1, 0.15) is 22.2 Å². The van der Waals surface area contributed by atoms with Crippen molar-refractivity contribution in [3.8, 4) is 29.5 Å². The summed E-state index contributed by atoms with van der Waals surface area (Å²) in [5, 5.41) is 26.6. The van der Waals surface area contributed by atoms with Gasteiger partial charge in [0.15, 0.2) is 5.01 Å². The molecule has 3 N–H and O–H groups in total. The Morgan fingerprint density at radius 1 is 1.29 bits per heavy atom. The summed E-state index contributed by atoms with van der Waals surface area (Å²) in [6.45, 7) is -0.324. The van der Waals surface area contributed by atoms with Gasteiger partial charge in [0.1, 0.15) is 5.82 Å². The van der Waals surface area contributed by atoms with E-state index in [-0.39, 0.29) is 6.61 Å². The summed E-state index contributed by atoms with van der Waals surface area (Å²) >= 11 is 1.24. The van der Waals surface area contributed by atoms with E-state index in [1.807, 2.05) is 36.4 Å². The van der Waals surface area contributed by atoms with E-state index in [0.29, 0.717) is 22.0 Å². The predicted molar refractivity (Wildman–Crippen MR) is 109 cm³/mol. The summed E-state index contributed by atoms with van der Waals surface area (Å²) in [6, 6.07) is 15.8. The number of urea groups is 1. The molecule has 0 unspecified atom stereocenters. The summed E-state index contributed by atoms with van der Waals surface area (Å²) in [4.78, 5) is 16.3. The van der Waals surface area contributed by atoms with Gasteiger partial charge in [-0.1, -0.05) is 42.5 Å². The molecule has 1 heterocycles. The number of aromatic nitrogens is 1. The van der Waals surface area contributed by atoms with E-state index in [9.17, 15) is 15.2 Å². The van der Waals surface area contributed by atoms with Gasteiger partial charge in [0.2, 0.25) is 0 Å². The van der Waals surface area contributed by atoms with Gasteiger partial charge in [0, 0.05) is 5.38 Å². The number of rotatable bonds is 5. The van der Waals surface area contributed by atoms with Crippen molar-refractivity contribution >= 4 is 23.2 Å². The summed E-state index contributed by atoms with van der Waals surface area (Å²) in [5.74, 6) is 2.73. The first kappa shape index (κ1) is 19.1. The van der Waals surface area contributed by atoms with Gasteiger partial charge in [-0.2, -0.15) is 5.26 Å². The number of aliphatic hydroxyl groups is 1. The van der Waals surface area contributed by atoms with Crippen LogP contribution in [0.4, 0.5) is 10.6 Å². The third-order valence-electron chi connectivity index (χ3n) is 4.01. The molecule has 3 rings (SSSR count). The predicted octanol–water partition coefficient (Wildman–Crippen LogP) is 3.52. The van der Waals surface area contributed by atoms with Crippen molar-refractivity contribution in [1.29, 1.82) is 5.26 Å². The number of aliphatic hydroxyl groups excluding tert-OH is 1. The number of carbonyl (C=O) groups is 1. The topological polar surface area (TPSA) is 98.0 Å². The van der Waals surface area contributed by atoms with Gasteiger partial charge in [-0.3, -0.25) is 5.32 Å². The number of terminal acetylenes is 1. The average molecular weight is 388 g/mol. The standard InChI is InChI=1S/C21H16N4O2S/c1-2-20-24-19(13-28-20)25-21(27)23-18(12-26)15-8-9-17(16(10-15)11-22)14-6-4-3-5-7-14/h1,3-10,13,18,26H,12H2,(H2,23,25,27)/t18-/m0/s1. The third-order valence-corrected chi connectivity index (χ3v) is 4.78. The molecule has 1 aromatic heterocycles. The zero-order valence-corrected chi connectivity index (χ0v) is 15.5. The van der Waals surface area contributed by atoms with Crippen molar-refractivity contribution in [3.63, 3.8) is 0 Å². The number of hydrogen-bond acceptors (Lipinski definition) is 5. The fourth-order valence-electron chi connectivity index (χ4n) is 2.68. The lowest BCUT2D eigenvalue weighted by Crippen LogP contribution is -2.34. The highest BCUT2D eigenvalue weighted by molar-refractivity contribution is 7.10. The van der Waals surface area contributed by atoms with Crippen molar-refractivity contribution in [3.05, 3.63) is 70.0 Å². The highest BCUT2D eigenvalue weighted by atomic mass is 32.1. The molecule has 0 fully saturated rings. The maximum Gasteiger partial charge on any atom is 0.320 e. The minimum Gasteiger partial charge on any atom is -0.394 e. The van der Waals surface area contributed by atoms with Gasteiger partial charge >= 0.3 is 6.03 Å². The van der Waals surface area contributed by atoms with E-state index < -0.39 is 12.1 Å². The lowest BCUT2D eigenvalue weighted by molar-refractivity contribution is 0.225. The number of nitrogens with zero attached hydrogens (tertiary/aromatic N) is 2. The Labute approximate surface area is 166 Å². The Hall–Kier alpha value is -3.65. The largest absolute Gasteiger partial charge is 0.394 e. The van der Waals surface area contributed by atoms with Gasteiger partial charge in [-0.05, 0) is 28.7 Å². The number of anilines is 1. The molecule has 0 aliphatic rings. The first-order valence-corrected chi connectivity index (χ1v) is 9.22. The second-order valence-corrected chi connectivity index (χ2v) is 6.66. The molecule has 0 aliphatic heterocycles. The highest BCUT2D eigenvalue weighted by Crippen LogP contribution is 2.26. The zero-order valence-electron chi connectivity index (χ0n) is 14.7. The SMILES string of the molecule is C#Cc1nc(NC(=O)N[C@@H](CO)c2ccc(-c3ccccc3)c(C#N)c2)cs1. The molecule has 0 saturated carbocycles. The number of carbonyl (C=O) groups excluding carboxylic acids is 1. The minimum atomic E-state index is -0.678. The molecule has 3 aromatic rings. The average Bonchev–Trinajstić information content (AvgIpc) is 3.19. The number of thiazole rings is 1. The van der Waals surface area contributed by atoms with E-state index in [0.717, 1.165) is 11.1 Å². The lowest BCUT2D eigenvalue weighted by atomic mass is 9.96. The molecule has 0 bridgehead atoms. The Morgan fingerprint density at radius 2 is 2.07 bits per heavy atom. The first-order chi connectivity index (χ1) is 13.6. The number of hydrogen-bond donors (Lipinski definition) is 3. The van der Waals surface area contributed by atoms with Crippen molar-refractivity contribution in [2.24, 2.45) is 0 Å². The molecule has 28 heavy (non-hydrogen) atoms. The summed E-state index contributed by atoms with van der Waals surface area (Å²) < 4.78 is 0. The summed E-state index contributed by atoms with van der Waals surface area (Å²) in [7, 11) is 0. The Morgan fingerprint density at radius 3 is 2.71 bits per heavy atom. The molecule has 0 saturated heterocycles. The molecule has 1 atom stereocenters. The second-order valence-electron chi connectivity index (χ2n) is 5.80. The quantitative estimate of drug-likeness (QED) is 0.583. The number of nitrogens with one attached hydrogen (secondary N) is 2. The lowest BCUT2D eigenvalue weighted by Gasteiger charge is -2.18. The van der Waals surface area contributed by atoms with Crippen LogP contribution in [0.2, 0.25) is 0 Å². The summed E-state index contributed by atoms with van der Waals surface area (Å²) in [6.07, 6.45) is 5.26. The first-order valence-electron chi connectivity index (χ1n) is 8.34. The Kier molecular flexibility index (Phi) is 6.03. The van der Waals surface area contributed by atoms with Gasteiger partial charge < -0.3 is 10.4 Å². The number of benzene rings is 2. The van der Waals surface area contributed by atoms with E-state index >= 15 is 0 Å². The maximum absolute atomic E-state index is 12.2. The van der Waals surface area contributed by atoms with E-state index in [4.69, 9.17) is 6.42 Å². The fraction of sp³-hybridized carbons (Fsp3) is 0.0952. The molecule has 7 heteroatoms. The van der Waals surface area contributed by atoms with Crippen LogP contribution in [-0.2, 0) is 0 Å². The van der Waals surface area contributed by atoms with Crippen molar-refractivity contribution in [2.75, 3.05) is 11.9 Å². The van der Waals surface area contributed by atoms with Crippen LogP contribution in [-0.4, -0.2) is 22.7 Å². The zero-order chi connectivity index (χ0) is 19.9. The van der Waals surface area contributed by atoms with Gasteiger partial charge in [-0.15, -0.1) is 17.8 Å². The van der Waals surface area contributed by atoms with E-state index in [1.54, 1.807) is 17.5 Å². The fourth-order valence-corrected chi connectivity index (χ4v) is 3.24. The maximum atomic E-state index is 12.2. The Balaban J connectivity index is 1.77. The van der Waals surface area contributed by atoms with Crippen LogP contribution in [0.3, 0.4) is 0 Å². The van der Waals surface area contributed by atoms with E-state index in [1.165, 1.54) is 11.3 Å². The molecule has 0 spiro atoms. The van der Waals surface area contributed by atoms with Crippen molar-refractivity contribution in [2.45, 2.75) is 6.04 Å². The molecule has 138 valence electrons. The van der Waals surface area contributed by atoms with Crippen LogP contribution in [0, 0.1) is 23.7 Å². The minimum absolute atomic E-state index is 0.324. The highest BCUT2D eigenvalue weighted by Gasteiger charge is 2.16. The van der Waals surface area contributed by atoms with Crippen molar-refractivity contribution in [1.82, 2.24) is 10.3 Å². The van der Waals surface area contributed by atoms with Gasteiger partial charge in [-0.25, -0.2) is 9.78 Å². The summed E-state index contributed by atoms with van der Waals surface area (Å²) in [5.41, 5.74) is 2.79. The molecule has 0 aliphatic carbocycles. The van der Waals surface area contributed by atoms with Gasteiger partial charge in [0.05, 0.1) is 24.3 Å². The molecular weight excluding hydrogens is 372 g/mol. The molecule has 2 amide bonds. The van der Waals surface area contributed by atoms with Crippen LogP contribution < -0.4 is 10.6 Å². The molecule has 0 radical (unpaired) electrons. The molecule has 6 nitrogen and oxygen atoms in total. The number of amides is 2. The van der Waals surface area contributed by atoms with Crippen molar-refractivity contribution < 1.29 is 9.90 Å². The van der Waals surface area contributed by atoms with E-state index in [2.05, 4.69) is 27.6 Å². The second kappa shape index (κ2) is 8.83. The van der Waals surface area contributed by atoms with Crippen LogP contribution in [0.5, 0.6) is 0 Å². The number of nitriles is 1. The monoisotopic (exact) mass is 388 g/mol.